The Morgan fingerprint density at radius 3 is 2.47 bits per heavy atom. The molecule has 3 aliphatic rings. The summed E-state index contributed by atoms with van der Waals surface area (Å²) in [5.41, 5.74) is 0.630. The van der Waals surface area contributed by atoms with E-state index in [2.05, 4.69) is 31.4 Å². The first-order valence-corrected chi connectivity index (χ1v) is 7.44. The molecular weight excluding hydrogens is 240 g/mol. The van der Waals surface area contributed by atoms with Gasteiger partial charge in [-0.25, -0.2) is 0 Å². The Morgan fingerprint density at radius 2 is 1.95 bits per heavy atom. The lowest BCUT2D eigenvalue weighted by Gasteiger charge is -2.41. The van der Waals surface area contributed by atoms with Crippen LogP contribution in [0.3, 0.4) is 0 Å². The second-order valence-electron chi connectivity index (χ2n) is 7.33. The van der Waals surface area contributed by atoms with Gasteiger partial charge < -0.3 is 5.32 Å². The second-order valence-corrected chi connectivity index (χ2v) is 7.33. The lowest BCUT2D eigenvalue weighted by Crippen LogP contribution is -2.56. The molecule has 1 saturated heterocycles. The molecular formula is C15H24N2O2. The van der Waals surface area contributed by atoms with E-state index >= 15 is 0 Å². The Bertz CT molecular complexity index is 432. The molecule has 2 amide bonds. The summed E-state index contributed by atoms with van der Waals surface area (Å²) in [7, 11) is 0. The zero-order valence-corrected chi connectivity index (χ0v) is 12.1. The standard InChI is InChI=1S/C15H24N2O2/c1-14(2)9-6-7-15(14,3)11(8-9)16-10-4-5-12(18)17-13(10)19/h9-11,16H,4-8H2,1-3H3,(H,17,18,19). The number of carbonyl (C=O) groups is 2. The van der Waals surface area contributed by atoms with Gasteiger partial charge in [0.15, 0.2) is 0 Å². The van der Waals surface area contributed by atoms with Gasteiger partial charge in [0.1, 0.15) is 0 Å². The summed E-state index contributed by atoms with van der Waals surface area (Å²) >= 11 is 0. The van der Waals surface area contributed by atoms with Crippen molar-refractivity contribution in [1.29, 1.82) is 0 Å². The third-order valence-electron chi connectivity index (χ3n) is 6.44. The number of fused-ring (bicyclic) bond motifs is 2. The summed E-state index contributed by atoms with van der Waals surface area (Å²) in [5, 5.41) is 5.99. The van der Waals surface area contributed by atoms with Crippen LogP contribution in [-0.2, 0) is 9.59 Å². The number of rotatable bonds is 2. The van der Waals surface area contributed by atoms with Gasteiger partial charge in [-0.3, -0.25) is 14.9 Å². The molecule has 4 unspecified atom stereocenters. The smallest absolute Gasteiger partial charge is 0.243 e. The fraction of sp³-hybridized carbons (Fsp3) is 0.867. The van der Waals surface area contributed by atoms with Crippen molar-refractivity contribution in [2.75, 3.05) is 0 Å². The molecule has 4 heteroatoms. The number of nitrogens with one attached hydrogen (secondary N) is 2. The fourth-order valence-electron chi connectivity index (χ4n) is 4.55. The number of imide groups is 1. The van der Waals surface area contributed by atoms with Gasteiger partial charge in [0.05, 0.1) is 6.04 Å². The maximum Gasteiger partial charge on any atom is 0.243 e. The van der Waals surface area contributed by atoms with Gasteiger partial charge in [0, 0.05) is 12.5 Å². The molecule has 0 aromatic heterocycles. The number of piperidine rings is 1. The van der Waals surface area contributed by atoms with Gasteiger partial charge in [-0.2, -0.15) is 0 Å². The molecule has 0 aromatic rings. The van der Waals surface area contributed by atoms with Crippen LogP contribution in [0.25, 0.3) is 0 Å². The minimum atomic E-state index is -0.185. The van der Waals surface area contributed by atoms with E-state index < -0.39 is 0 Å². The first-order chi connectivity index (χ1) is 8.84. The summed E-state index contributed by atoms with van der Waals surface area (Å²) in [6.07, 6.45) is 4.83. The van der Waals surface area contributed by atoms with E-state index in [1.54, 1.807) is 0 Å². The minimum absolute atomic E-state index is 0.137. The molecule has 3 fully saturated rings. The molecule has 2 bridgehead atoms. The van der Waals surface area contributed by atoms with Crippen LogP contribution >= 0.6 is 0 Å². The van der Waals surface area contributed by atoms with Gasteiger partial charge in [0.2, 0.25) is 11.8 Å². The van der Waals surface area contributed by atoms with Crippen LogP contribution in [0.5, 0.6) is 0 Å². The van der Waals surface area contributed by atoms with Crippen molar-refractivity contribution >= 4 is 11.8 Å². The maximum atomic E-state index is 11.9. The Balaban J connectivity index is 1.72. The van der Waals surface area contributed by atoms with E-state index in [1.165, 1.54) is 19.3 Å². The topological polar surface area (TPSA) is 58.2 Å². The Hall–Kier alpha value is -0.900. The molecule has 0 aromatic carbocycles. The number of hydrogen-bond acceptors (Lipinski definition) is 3. The van der Waals surface area contributed by atoms with Crippen molar-refractivity contribution in [3.8, 4) is 0 Å². The fourth-order valence-corrected chi connectivity index (χ4v) is 4.55. The molecule has 2 aliphatic carbocycles. The van der Waals surface area contributed by atoms with Crippen molar-refractivity contribution < 1.29 is 9.59 Å². The summed E-state index contributed by atoms with van der Waals surface area (Å²) in [6, 6.07) is 0.222. The van der Waals surface area contributed by atoms with Gasteiger partial charge in [-0.05, 0) is 42.4 Å². The molecule has 2 N–H and O–H groups in total. The van der Waals surface area contributed by atoms with Crippen LogP contribution in [-0.4, -0.2) is 23.9 Å². The summed E-state index contributed by atoms with van der Waals surface area (Å²) in [6.45, 7) is 7.11. The van der Waals surface area contributed by atoms with Crippen molar-refractivity contribution in [2.24, 2.45) is 16.7 Å². The highest BCUT2D eigenvalue weighted by atomic mass is 16.2. The third-order valence-corrected chi connectivity index (χ3v) is 6.44. The van der Waals surface area contributed by atoms with Crippen molar-refractivity contribution in [1.82, 2.24) is 10.6 Å². The van der Waals surface area contributed by atoms with Crippen LogP contribution in [0.2, 0.25) is 0 Å². The van der Waals surface area contributed by atoms with Crippen molar-refractivity contribution in [3.05, 3.63) is 0 Å². The highest BCUT2D eigenvalue weighted by Gasteiger charge is 2.61. The molecule has 4 atom stereocenters. The van der Waals surface area contributed by atoms with E-state index in [1.807, 2.05) is 0 Å². The molecule has 0 spiro atoms. The number of amides is 2. The Labute approximate surface area is 114 Å². The summed E-state index contributed by atoms with van der Waals surface area (Å²) < 4.78 is 0. The molecule has 2 saturated carbocycles. The van der Waals surface area contributed by atoms with E-state index in [4.69, 9.17) is 0 Å². The predicted molar refractivity (Wildman–Crippen MR) is 72.3 cm³/mol. The normalized spacial score (nSPS) is 44.5. The van der Waals surface area contributed by atoms with Crippen LogP contribution in [0.4, 0.5) is 0 Å². The van der Waals surface area contributed by atoms with Gasteiger partial charge in [0.25, 0.3) is 0 Å². The van der Waals surface area contributed by atoms with Crippen LogP contribution < -0.4 is 10.6 Å². The van der Waals surface area contributed by atoms with Crippen LogP contribution in [0, 0.1) is 16.7 Å². The molecule has 4 nitrogen and oxygen atoms in total. The van der Waals surface area contributed by atoms with Crippen molar-refractivity contribution in [3.63, 3.8) is 0 Å². The Kier molecular flexibility index (Phi) is 2.79. The monoisotopic (exact) mass is 264 g/mol. The number of hydrogen-bond donors (Lipinski definition) is 2. The first-order valence-electron chi connectivity index (χ1n) is 7.44. The quantitative estimate of drug-likeness (QED) is 0.745. The van der Waals surface area contributed by atoms with Gasteiger partial charge in [-0.1, -0.05) is 20.8 Å². The first kappa shape index (κ1) is 13.1. The number of carbonyl (C=O) groups excluding carboxylic acids is 2. The largest absolute Gasteiger partial charge is 0.302 e. The molecule has 1 heterocycles. The average Bonchev–Trinajstić information content (AvgIpc) is 2.65. The Morgan fingerprint density at radius 1 is 1.21 bits per heavy atom. The highest BCUT2D eigenvalue weighted by Crippen LogP contribution is 2.65. The summed E-state index contributed by atoms with van der Waals surface area (Å²) in [5.74, 6) is 0.492. The molecule has 19 heavy (non-hydrogen) atoms. The molecule has 0 radical (unpaired) electrons. The lowest BCUT2D eigenvalue weighted by atomic mass is 9.69. The molecule has 106 valence electrons. The molecule has 3 rings (SSSR count). The van der Waals surface area contributed by atoms with Gasteiger partial charge in [-0.15, -0.1) is 0 Å². The minimum Gasteiger partial charge on any atom is -0.302 e. The summed E-state index contributed by atoms with van der Waals surface area (Å²) in [4.78, 5) is 23.1. The zero-order valence-electron chi connectivity index (χ0n) is 12.1. The lowest BCUT2D eigenvalue weighted by molar-refractivity contribution is -0.135. The van der Waals surface area contributed by atoms with E-state index in [0.717, 1.165) is 5.92 Å². The maximum absolute atomic E-state index is 11.9. The molecule has 1 aliphatic heterocycles. The highest BCUT2D eigenvalue weighted by molar-refractivity contribution is 6.00. The van der Waals surface area contributed by atoms with Crippen molar-refractivity contribution in [2.45, 2.75) is 65.0 Å². The zero-order chi connectivity index (χ0) is 13.8. The third kappa shape index (κ3) is 1.76. The average molecular weight is 264 g/mol. The van der Waals surface area contributed by atoms with Crippen LogP contribution in [0.15, 0.2) is 0 Å². The predicted octanol–water partition coefficient (Wildman–Crippen LogP) is 1.60. The van der Waals surface area contributed by atoms with E-state index in [9.17, 15) is 9.59 Å². The van der Waals surface area contributed by atoms with E-state index in [-0.39, 0.29) is 23.3 Å². The SMILES string of the molecule is CC1(C)C2CCC1(C)C(NC1CCC(=O)NC1=O)C2. The van der Waals surface area contributed by atoms with Gasteiger partial charge >= 0.3 is 0 Å². The van der Waals surface area contributed by atoms with Crippen LogP contribution in [0.1, 0.15) is 52.9 Å². The van der Waals surface area contributed by atoms with E-state index in [0.29, 0.717) is 24.3 Å². The second kappa shape index (κ2) is 4.05.